The maximum atomic E-state index is 11.1. The first kappa shape index (κ1) is 16.2. The van der Waals surface area contributed by atoms with Crippen molar-refractivity contribution in [2.24, 2.45) is 5.92 Å². The number of aliphatic carboxylic acids is 1. The smallest absolute Gasteiger partial charge is 0.306 e. The molecule has 26 heavy (non-hydrogen) atoms. The monoisotopic (exact) mass is 351 g/mol. The Morgan fingerprint density at radius 3 is 2.73 bits per heavy atom. The highest BCUT2D eigenvalue weighted by Crippen LogP contribution is 2.26. The Morgan fingerprint density at radius 1 is 1.15 bits per heavy atom. The Bertz CT molecular complexity index is 904. The Hall–Kier alpha value is -3.29. The van der Waals surface area contributed by atoms with Gasteiger partial charge in [-0.25, -0.2) is 4.98 Å². The maximum Gasteiger partial charge on any atom is 0.306 e. The van der Waals surface area contributed by atoms with E-state index in [0.29, 0.717) is 43.3 Å². The topological polar surface area (TPSA) is 105 Å². The summed E-state index contributed by atoms with van der Waals surface area (Å²) >= 11 is 0. The molecule has 0 aliphatic carbocycles. The molecule has 0 unspecified atom stereocenters. The van der Waals surface area contributed by atoms with Gasteiger partial charge < -0.3 is 14.5 Å². The predicted molar refractivity (Wildman–Crippen MR) is 93.3 cm³/mol. The van der Waals surface area contributed by atoms with Crippen molar-refractivity contribution in [1.29, 1.82) is 0 Å². The van der Waals surface area contributed by atoms with E-state index in [9.17, 15) is 4.79 Å². The number of nitrogens with zero attached hydrogens (tertiary/aromatic N) is 5. The van der Waals surface area contributed by atoms with Gasteiger partial charge in [-0.15, -0.1) is 0 Å². The number of aromatic nitrogens is 4. The lowest BCUT2D eigenvalue weighted by atomic mass is 9.97. The SMILES string of the molecule is O=C(O)C1CCN(c2cc(-c3nc(-c4ccccn4)no3)ccn2)CC1. The van der Waals surface area contributed by atoms with Gasteiger partial charge in [0.05, 0.1) is 5.92 Å². The standard InChI is InChI=1S/C18H17N5O3/c24-18(25)12-5-9-23(10-6-12)15-11-13(4-8-20-15)17-21-16(22-26-17)14-3-1-2-7-19-14/h1-4,7-8,11-12H,5-6,9-10H2,(H,24,25). The normalized spacial score (nSPS) is 15.2. The first-order chi connectivity index (χ1) is 12.7. The van der Waals surface area contributed by atoms with Crippen molar-refractivity contribution >= 4 is 11.8 Å². The van der Waals surface area contributed by atoms with E-state index in [-0.39, 0.29) is 5.92 Å². The minimum atomic E-state index is -0.723. The van der Waals surface area contributed by atoms with E-state index in [1.54, 1.807) is 12.4 Å². The molecule has 1 fully saturated rings. The van der Waals surface area contributed by atoms with Crippen LogP contribution < -0.4 is 4.90 Å². The highest BCUT2D eigenvalue weighted by molar-refractivity contribution is 5.70. The maximum absolute atomic E-state index is 11.1. The second kappa shape index (κ2) is 6.91. The van der Waals surface area contributed by atoms with Gasteiger partial charge >= 0.3 is 5.97 Å². The first-order valence-electron chi connectivity index (χ1n) is 8.40. The second-order valence-corrected chi connectivity index (χ2v) is 6.14. The van der Waals surface area contributed by atoms with Crippen LogP contribution in [-0.4, -0.2) is 44.3 Å². The van der Waals surface area contributed by atoms with Crippen molar-refractivity contribution in [2.45, 2.75) is 12.8 Å². The van der Waals surface area contributed by atoms with Crippen molar-refractivity contribution in [2.75, 3.05) is 18.0 Å². The molecule has 0 aromatic carbocycles. The summed E-state index contributed by atoms with van der Waals surface area (Å²) in [6, 6.07) is 9.20. The van der Waals surface area contributed by atoms with Gasteiger partial charge in [-0.05, 0) is 37.1 Å². The Kier molecular flexibility index (Phi) is 4.30. The number of hydrogen-bond acceptors (Lipinski definition) is 7. The summed E-state index contributed by atoms with van der Waals surface area (Å²) in [7, 11) is 0. The van der Waals surface area contributed by atoms with Crippen LogP contribution in [0.3, 0.4) is 0 Å². The Labute approximate surface area is 149 Å². The molecule has 1 saturated heterocycles. The molecule has 1 aliphatic rings. The van der Waals surface area contributed by atoms with Gasteiger partial charge in [0.15, 0.2) is 0 Å². The van der Waals surface area contributed by atoms with Crippen LogP contribution in [0.15, 0.2) is 47.2 Å². The van der Waals surface area contributed by atoms with E-state index in [4.69, 9.17) is 9.63 Å². The third-order valence-electron chi connectivity index (χ3n) is 4.48. The minimum Gasteiger partial charge on any atom is -0.481 e. The van der Waals surface area contributed by atoms with Crippen LogP contribution in [0.5, 0.6) is 0 Å². The molecule has 0 radical (unpaired) electrons. The van der Waals surface area contributed by atoms with Gasteiger partial charge in [0.2, 0.25) is 5.82 Å². The lowest BCUT2D eigenvalue weighted by Gasteiger charge is -2.31. The van der Waals surface area contributed by atoms with E-state index >= 15 is 0 Å². The minimum absolute atomic E-state index is 0.272. The van der Waals surface area contributed by atoms with Crippen LogP contribution in [0.4, 0.5) is 5.82 Å². The largest absolute Gasteiger partial charge is 0.481 e. The number of anilines is 1. The molecule has 3 aromatic heterocycles. The number of piperidine rings is 1. The van der Waals surface area contributed by atoms with E-state index in [2.05, 4.69) is 25.0 Å². The molecule has 1 N–H and O–H groups in total. The van der Waals surface area contributed by atoms with Crippen molar-refractivity contribution in [1.82, 2.24) is 20.1 Å². The highest BCUT2D eigenvalue weighted by Gasteiger charge is 2.25. The van der Waals surface area contributed by atoms with Crippen molar-refractivity contribution < 1.29 is 14.4 Å². The fraction of sp³-hybridized carbons (Fsp3) is 0.278. The lowest BCUT2D eigenvalue weighted by molar-refractivity contribution is -0.142. The van der Waals surface area contributed by atoms with Crippen LogP contribution in [0.1, 0.15) is 12.8 Å². The third kappa shape index (κ3) is 3.26. The summed E-state index contributed by atoms with van der Waals surface area (Å²) in [4.78, 5) is 26.2. The van der Waals surface area contributed by atoms with Crippen LogP contribution in [0.25, 0.3) is 23.0 Å². The van der Waals surface area contributed by atoms with E-state index in [1.807, 2.05) is 30.3 Å². The van der Waals surface area contributed by atoms with Gasteiger partial charge in [0.25, 0.3) is 5.89 Å². The summed E-state index contributed by atoms with van der Waals surface area (Å²) in [5, 5.41) is 13.1. The van der Waals surface area contributed by atoms with Gasteiger partial charge in [-0.1, -0.05) is 11.2 Å². The van der Waals surface area contributed by atoms with Crippen LogP contribution in [0, 0.1) is 5.92 Å². The molecule has 4 heterocycles. The Balaban J connectivity index is 1.53. The molecule has 0 amide bonds. The summed E-state index contributed by atoms with van der Waals surface area (Å²) in [5.41, 5.74) is 1.41. The van der Waals surface area contributed by atoms with Crippen LogP contribution in [-0.2, 0) is 4.79 Å². The summed E-state index contributed by atoms with van der Waals surface area (Å²) < 4.78 is 5.37. The first-order valence-corrected chi connectivity index (χ1v) is 8.40. The summed E-state index contributed by atoms with van der Waals surface area (Å²) in [6.45, 7) is 1.33. The quantitative estimate of drug-likeness (QED) is 0.764. The van der Waals surface area contributed by atoms with Crippen molar-refractivity contribution in [3.63, 3.8) is 0 Å². The molecule has 8 heteroatoms. The average Bonchev–Trinajstić information content (AvgIpc) is 3.19. The molecule has 1 aliphatic heterocycles. The number of carbonyl (C=O) groups is 1. The number of carboxylic acid groups (broad SMARTS) is 1. The zero-order chi connectivity index (χ0) is 17.9. The van der Waals surface area contributed by atoms with Gasteiger partial charge in [0.1, 0.15) is 11.5 Å². The summed E-state index contributed by atoms with van der Waals surface area (Å²) in [5.74, 6) is 0.616. The fourth-order valence-electron chi connectivity index (χ4n) is 3.02. The third-order valence-corrected chi connectivity index (χ3v) is 4.48. The van der Waals surface area contributed by atoms with E-state index < -0.39 is 5.97 Å². The second-order valence-electron chi connectivity index (χ2n) is 6.14. The van der Waals surface area contributed by atoms with Crippen LogP contribution >= 0.6 is 0 Å². The van der Waals surface area contributed by atoms with Crippen molar-refractivity contribution in [3.05, 3.63) is 42.7 Å². The average molecular weight is 351 g/mol. The predicted octanol–water partition coefficient (Wildman–Crippen LogP) is 2.49. The summed E-state index contributed by atoms with van der Waals surface area (Å²) in [6.07, 6.45) is 4.60. The molecular weight excluding hydrogens is 334 g/mol. The van der Waals surface area contributed by atoms with E-state index in [0.717, 1.165) is 11.4 Å². The Morgan fingerprint density at radius 2 is 2.00 bits per heavy atom. The molecule has 4 rings (SSSR count). The number of carboxylic acids is 1. The molecule has 0 spiro atoms. The van der Waals surface area contributed by atoms with Gasteiger partial charge in [-0.3, -0.25) is 9.78 Å². The number of pyridine rings is 2. The highest BCUT2D eigenvalue weighted by atomic mass is 16.5. The van der Waals surface area contributed by atoms with E-state index in [1.165, 1.54) is 0 Å². The van der Waals surface area contributed by atoms with Gasteiger partial charge in [0, 0.05) is 31.0 Å². The number of hydrogen-bond donors (Lipinski definition) is 1. The fourth-order valence-corrected chi connectivity index (χ4v) is 3.02. The molecule has 0 saturated carbocycles. The molecule has 132 valence electrons. The van der Waals surface area contributed by atoms with Gasteiger partial charge in [-0.2, -0.15) is 4.98 Å². The molecule has 0 bridgehead atoms. The number of rotatable bonds is 4. The molecule has 8 nitrogen and oxygen atoms in total. The molecule has 0 atom stereocenters. The molecular formula is C18H17N5O3. The zero-order valence-corrected chi connectivity index (χ0v) is 13.9. The van der Waals surface area contributed by atoms with Crippen LogP contribution in [0.2, 0.25) is 0 Å². The zero-order valence-electron chi connectivity index (χ0n) is 13.9. The van der Waals surface area contributed by atoms with Crippen molar-refractivity contribution in [3.8, 4) is 23.0 Å². The lowest BCUT2D eigenvalue weighted by Crippen LogP contribution is -2.36. The molecule has 3 aromatic rings.